The molecule has 1 aromatic carbocycles. The molecule has 0 fully saturated rings. The molecule has 0 saturated heterocycles. The van der Waals surface area contributed by atoms with Crippen molar-refractivity contribution in [3.05, 3.63) is 53.6 Å². The van der Waals surface area contributed by atoms with Gasteiger partial charge in [0.05, 0.1) is 23.5 Å². The molecular formula is C16H20N4O. The van der Waals surface area contributed by atoms with Gasteiger partial charge in [0.1, 0.15) is 5.76 Å². The monoisotopic (exact) mass is 284 g/mol. The molecule has 21 heavy (non-hydrogen) atoms. The molecule has 2 heterocycles. The molecule has 3 aromatic rings. The van der Waals surface area contributed by atoms with Crippen molar-refractivity contribution in [3.8, 4) is 0 Å². The van der Waals surface area contributed by atoms with Gasteiger partial charge in [-0.1, -0.05) is 18.2 Å². The van der Waals surface area contributed by atoms with Crippen molar-refractivity contribution >= 4 is 10.9 Å². The Morgan fingerprint density at radius 1 is 1.38 bits per heavy atom. The second-order valence-corrected chi connectivity index (χ2v) is 5.19. The molecule has 0 aliphatic carbocycles. The first kappa shape index (κ1) is 13.9. The number of rotatable bonds is 5. The minimum absolute atomic E-state index is 0.00828. The smallest absolute Gasteiger partial charge is 0.101 e. The number of para-hydroxylation sites is 1. The average molecular weight is 284 g/mol. The number of benzene rings is 1. The largest absolute Gasteiger partial charge is 0.469 e. The second kappa shape index (κ2) is 5.71. The zero-order valence-corrected chi connectivity index (χ0v) is 12.3. The van der Waals surface area contributed by atoms with Gasteiger partial charge in [-0.15, -0.1) is 0 Å². The number of fused-ring (bicyclic) bond motifs is 1. The molecule has 3 N–H and O–H groups in total. The zero-order valence-electron chi connectivity index (χ0n) is 12.3. The molecule has 110 valence electrons. The Kier molecular flexibility index (Phi) is 3.77. The fourth-order valence-electron chi connectivity index (χ4n) is 2.70. The number of hydrogen-bond acceptors (Lipinski definition) is 4. The van der Waals surface area contributed by atoms with Crippen LogP contribution in [-0.4, -0.2) is 9.78 Å². The number of hydrazine groups is 1. The fourth-order valence-corrected chi connectivity index (χ4v) is 2.70. The highest BCUT2D eigenvalue weighted by Crippen LogP contribution is 2.25. The van der Waals surface area contributed by atoms with Crippen molar-refractivity contribution in [1.82, 2.24) is 15.2 Å². The van der Waals surface area contributed by atoms with E-state index in [1.165, 1.54) is 5.39 Å². The number of aromatic nitrogens is 2. The first-order chi connectivity index (χ1) is 10.2. The van der Waals surface area contributed by atoms with Gasteiger partial charge in [0.25, 0.3) is 0 Å². The van der Waals surface area contributed by atoms with Crippen LogP contribution in [-0.2, 0) is 13.0 Å². The molecular weight excluding hydrogens is 264 g/mol. The van der Waals surface area contributed by atoms with E-state index in [4.69, 9.17) is 15.4 Å². The highest BCUT2D eigenvalue weighted by molar-refractivity contribution is 5.82. The predicted molar refractivity (Wildman–Crippen MR) is 82.6 cm³/mol. The van der Waals surface area contributed by atoms with Crippen LogP contribution in [0.4, 0.5) is 0 Å². The number of nitrogens with zero attached hydrogens (tertiary/aromatic N) is 2. The number of hydrogen-bond donors (Lipinski definition) is 2. The van der Waals surface area contributed by atoms with E-state index in [0.29, 0.717) is 0 Å². The maximum Gasteiger partial charge on any atom is 0.101 e. The van der Waals surface area contributed by atoms with Gasteiger partial charge in [0, 0.05) is 23.9 Å². The summed E-state index contributed by atoms with van der Waals surface area (Å²) < 4.78 is 7.40. The normalized spacial score (nSPS) is 12.9. The summed E-state index contributed by atoms with van der Waals surface area (Å²) >= 11 is 0. The van der Waals surface area contributed by atoms with Crippen LogP contribution < -0.4 is 11.3 Å². The van der Waals surface area contributed by atoms with E-state index in [-0.39, 0.29) is 6.04 Å². The Hall–Kier alpha value is -2.11. The number of aryl methyl sites for hydroxylation is 2. The Labute approximate surface area is 123 Å². The summed E-state index contributed by atoms with van der Waals surface area (Å²) in [6.07, 6.45) is 2.47. The van der Waals surface area contributed by atoms with Gasteiger partial charge in [-0.2, -0.15) is 5.10 Å². The maximum atomic E-state index is 5.72. The zero-order chi connectivity index (χ0) is 14.8. The topological polar surface area (TPSA) is 69.0 Å². The molecule has 0 aliphatic rings. The molecule has 0 saturated carbocycles. The molecule has 0 spiro atoms. The average Bonchev–Trinajstić information content (AvgIpc) is 3.09. The Balaban J connectivity index is 1.97. The van der Waals surface area contributed by atoms with Crippen LogP contribution in [0.3, 0.4) is 0 Å². The van der Waals surface area contributed by atoms with Crippen LogP contribution in [0.5, 0.6) is 0 Å². The standard InChI is InChI=1S/C16H20N4O/c1-3-20-16-7-5-4-6-13(16)15(19-20)9-14(18-17)12-8-11(2)21-10-12/h4-8,10,14,18H,3,9,17H2,1-2H3. The van der Waals surface area contributed by atoms with Gasteiger partial charge in [0.2, 0.25) is 0 Å². The Morgan fingerprint density at radius 3 is 2.86 bits per heavy atom. The summed E-state index contributed by atoms with van der Waals surface area (Å²) in [5.41, 5.74) is 6.12. The molecule has 0 radical (unpaired) electrons. The number of furan rings is 1. The van der Waals surface area contributed by atoms with Crippen molar-refractivity contribution in [3.63, 3.8) is 0 Å². The van der Waals surface area contributed by atoms with E-state index < -0.39 is 0 Å². The second-order valence-electron chi connectivity index (χ2n) is 5.19. The third kappa shape index (κ3) is 2.57. The van der Waals surface area contributed by atoms with Crippen LogP contribution in [0.2, 0.25) is 0 Å². The van der Waals surface area contributed by atoms with Crippen molar-refractivity contribution in [2.45, 2.75) is 32.9 Å². The molecule has 1 unspecified atom stereocenters. The lowest BCUT2D eigenvalue weighted by Gasteiger charge is -2.12. The fraction of sp³-hybridized carbons (Fsp3) is 0.312. The molecule has 5 nitrogen and oxygen atoms in total. The van der Waals surface area contributed by atoms with Crippen molar-refractivity contribution in [1.29, 1.82) is 0 Å². The quantitative estimate of drug-likeness (QED) is 0.558. The highest BCUT2D eigenvalue weighted by atomic mass is 16.3. The van der Waals surface area contributed by atoms with Crippen LogP contribution in [0.1, 0.15) is 30.0 Å². The number of nitrogens with two attached hydrogens (primary N) is 1. The van der Waals surface area contributed by atoms with E-state index >= 15 is 0 Å². The molecule has 0 aliphatic heterocycles. The third-order valence-electron chi connectivity index (χ3n) is 3.79. The molecule has 0 bridgehead atoms. The third-order valence-corrected chi connectivity index (χ3v) is 3.79. The molecule has 3 rings (SSSR count). The van der Waals surface area contributed by atoms with Crippen LogP contribution >= 0.6 is 0 Å². The minimum atomic E-state index is -0.00828. The Morgan fingerprint density at radius 2 is 2.19 bits per heavy atom. The van der Waals surface area contributed by atoms with Gasteiger partial charge in [-0.05, 0) is 26.0 Å². The van der Waals surface area contributed by atoms with E-state index in [0.717, 1.165) is 35.5 Å². The van der Waals surface area contributed by atoms with Crippen LogP contribution in [0.25, 0.3) is 10.9 Å². The van der Waals surface area contributed by atoms with E-state index in [1.807, 2.05) is 29.8 Å². The SMILES string of the molecule is CCn1nc(CC(NN)c2coc(C)c2)c2ccccc21. The van der Waals surface area contributed by atoms with Gasteiger partial charge in [-0.25, -0.2) is 0 Å². The van der Waals surface area contributed by atoms with E-state index in [2.05, 4.69) is 24.5 Å². The lowest BCUT2D eigenvalue weighted by molar-refractivity contribution is 0.508. The lowest BCUT2D eigenvalue weighted by Crippen LogP contribution is -2.29. The molecule has 2 aromatic heterocycles. The van der Waals surface area contributed by atoms with E-state index in [1.54, 1.807) is 6.26 Å². The summed E-state index contributed by atoms with van der Waals surface area (Å²) in [7, 11) is 0. The van der Waals surface area contributed by atoms with Gasteiger partial charge >= 0.3 is 0 Å². The van der Waals surface area contributed by atoms with Crippen molar-refractivity contribution in [2.24, 2.45) is 5.84 Å². The van der Waals surface area contributed by atoms with Crippen molar-refractivity contribution < 1.29 is 4.42 Å². The first-order valence-corrected chi connectivity index (χ1v) is 7.18. The molecule has 5 heteroatoms. The minimum Gasteiger partial charge on any atom is -0.469 e. The molecule has 0 amide bonds. The van der Waals surface area contributed by atoms with Crippen LogP contribution in [0.15, 0.2) is 41.0 Å². The summed E-state index contributed by atoms with van der Waals surface area (Å²) in [4.78, 5) is 0. The maximum absolute atomic E-state index is 5.72. The summed E-state index contributed by atoms with van der Waals surface area (Å²) in [5, 5.41) is 5.90. The number of nitrogens with one attached hydrogen (secondary N) is 1. The van der Waals surface area contributed by atoms with Crippen LogP contribution in [0, 0.1) is 6.92 Å². The van der Waals surface area contributed by atoms with Gasteiger partial charge in [0.15, 0.2) is 0 Å². The van der Waals surface area contributed by atoms with E-state index in [9.17, 15) is 0 Å². The first-order valence-electron chi connectivity index (χ1n) is 7.18. The Bertz CT molecular complexity index is 744. The van der Waals surface area contributed by atoms with Gasteiger partial charge < -0.3 is 4.42 Å². The predicted octanol–water partition coefficient (Wildman–Crippen LogP) is 2.70. The lowest BCUT2D eigenvalue weighted by atomic mass is 10.0. The molecule has 1 atom stereocenters. The van der Waals surface area contributed by atoms with Gasteiger partial charge in [-0.3, -0.25) is 16.0 Å². The summed E-state index contributed by atoms with van der Waals surface area (Å²) in [6, 6.07) is 10.3. The highest BCUT2D eigenvalue weighted by Gasteiger charge is 2.17. The summed E-state index contributed by atoms with van der Waals surface area (Å²) in [6.45, 7) is 4.88. The summed E-state index contributed by atoms with van der Waals surface area (Å²) in [5.74, 6) is 6.60. The van der Waals surface area contributed by atoms with Crippen molar-refractivity contribution in [2.75, 3.05) is 0 Å².